The number of ether oxygens (including phenoxy) is 3. The Morgan fingerprint density at radius 2 is 0.802 bits per heavy atom. The van der Waals surface area contributed by atoms with Gasteiger partial charge >= 0.3 is 5.97 Å². The number of carbonyl (C=O) groups is 2. The van der Waals surface area contributed by atoms with E-state index in [1.807, 2.05) is 6.08 Å². The zero-order valence-electron chi connectivity index (χ0n) is 53.0. The summed E-state index contributed by atoms with van der Waals surface area (Å²) in [5.41, 5.74) is 0. The van der Waals surface area contributed by atoms with Crippen molar-refractivity contribution in [2.24, 2.45) is 0 Å². The molecule has 0 spiro atoms. The lowest BCUT2D eigenvalue weighted by molar-refractivity contribution is -0.302. The van der Waals surface area contributed by atoms with Crippen LogP contribution >= 0.6 is 0 Å². The largest absolute Gasteiger partial charge is 0.466 e. The van der Waals surface area contributed by atoms with Gasteiger partial charge in [-0.15, -0.1) is 0 Å². The van der Waals surface area contributed by atoms with Crippen LogP contribution in [0.5, 0.6) is 0 Å². The number of aliphatic hydroxyl groups is 5. The number of amides is 1. The van der Waals surface area contributed by atoms with E-state index in [-0.39, 0.29) is 18.5 Å². The summed E-state index contributed by atoms with van der Waals surface area (Å²) < 4.78 is 16.7. The third-order valence-corrected chi connectivity index (χ3v) is 16.8. The van der Waals surface area contributed by atoms with Gasteiger partial charge in [-0.05, 0) is 51.4 Å². The van der Waals surface area contributed by atoms with Crippen molar-refractivity contribution in [1.29, 1.82) is 0 Å². The van der Waals surface area contributed by atoms with Crippen LogP contribution in [-0.2, 0) is 23.8 Å². The molecule has 7 atom stereocenters. The highest BCUT2D eigenvalue weighted by Crippen LogP contribution is 2.23. The zero-order chi connectivity index (χ0) is 58.7. The summed E-state index contributed by atoms with van der Waals surface area (Å²) in [5, 5.41) is 54.3. The fourth-order valence-electron chi connectivity index (χ4n) is 11.2. The molecule has 0 aliphatic carbocycles. The monoisotopic (exact) mass is 1150 g/mol. The smallest absolute Gasteiger partial charge is 0.305 e. The average Bonchev–Trinajstić information content (AvgIpc) is 3.48. The summed E-state index contributed by atoms with van der Waals surface area (Å²) in [7, 11) is 0. The molecule has 0 bridgehead atoms. The number of carbonyl (C=O) groups excluding carboxylic acids is 2. The maximum absolute atomic E-state index is 13.0. The van der Waals surface area contributed by atoms with Crippen LogP contribution in [-0.4, -0.2) is 100 Å². The van der Waals surface area contributed by atoms with E-state index in [2.05, 4.69) is 31.3 Å². The molecule has 1 aliphatic rings. The van der Waals surface area contributed by atoms with E-state index in [0.717, 1.165) is 57.8 Å². The summed E-state index contributed by atoms with van der Waals surface area (Å²) in [6.45, 7) is 4.31. The molecule has 1 heterocycles. The molecule has 1 rings (SSSR count). The Labute approximate surface area is 499 Å². The minimum Gasteiger partial charge on any atom is -0.466 e. The second-order valence-electron chi connectivity index (χ2n) is 24.6. The highest BCUT2D eigenvalue weighted by atomic mass is 16.7. The minimum absolute atomic E-state index is 0.00357. The van der Waals surface area contributed by atoms with Crippen molar-refractivity contribution in [2.45, 2.75) is 391 Å². The standard InChI is InChI=1S/C70H133NO10/c1-3-5-7-9-11-13-37-42-46-50-54-58-66(75)79-59-55-51-47-43-39-36-34-32-30-28-26-24-22-20-18-16-14-15-17-19-21-23-25-27-29-31-33-35-38-41-45-49-53-57-65(74)71-62(63(73)56-52-48-44-40-12-10-8-6-4-2)61-80-70-69(78)68(77)67(76)64(60-72)81-70/h9,11,52,56,62-64,67-70,72-73,76-78H,3-8,10,12-51,53-55,57-61H2,1-2H3,(H,71,74)/b11-9-,56-52+. The molecule has 6 N–H and O–H groups in total. The van der Waals surface area contributed by atoms with E-state index in [1.165, 1.54) is 263 Å². The molecular formula is C70H133NO10. The van der Waals surface area contributed by atoms with Crippen LogP contribution < -0.4 is 5.32 Å². The Morgan fingerprint density at radius 1 is 0.444 bits per heavy atom. The van der Waals surface area contributed by atoms with Crippen molar-refractivity contribution in [3.05, 3.63) is 24.3 Å². The molecule has 1 saturated heterocycles. The molecule has 7 unspecified atom stereocenters. The van der Waals surface area contributed by atoms with Gasteiger partial charge in [0, 0.05) is 12.8 Å². The molecule has 478 valence electrons. The molecule has 0 saturated carbocycles. The quantitative estimate of drug-likeness (QED) is 0.0195. The molecule has 1 fully saturated rings. The van der Waals surface area contributed by atoms with Crippen LogP contribution in [0.15, 0.2) is 24.3 Å². The third kappa shape index (κ3) is 49.0. The lowest BCUT2D eigenvalue weighted by Gasteiger charge is -2.40. The van der Waals surface area contributed by atoms with E-state index < -0.39 is 49.5 Å². The Balaban J connectivity index is 1.89. The van der Waals surface area contributed by atoms with Gasteiger partial charge in [0.15, 0.2) is 6.29 Å². The first kappa shape index (κ1) is 77.2. The van der Waals surface area contributed by atoms with Crippen molar-refractivity contribution in [3.8, 4) is 0 Å². The van der Waals surface area contributed by atoms with Gasteiger partial charge in [-0.2, -0.15) is 0 Å². The van der Waals surface area contributed by atoms with Crippen molar-refractivity contribution >= 4 is 11.9 Å². The Bertz CT molecular complexity index is 1390. The number of allylic oxidation sites excluding steroid dienone is 3. The number of aliphatic hydroxyl groups excluding tert-OH is 5. The van der Waals surface area contributed by atoms with E-state index in [0.29, 0.717) is 19.4 Å². The molecule has 81 heavy (non-hydrogen) atoms. The van der Waals surface area contributed by atoms with Crippen molar-refractivity contribution in [1.82, 2.24) is 5.32 Å². The van der Waals surface area contributed by atoms with Gasteiger partial charge in [-0.1, -0.05) is 308 Å². The summed E-state index contributed by atoms with van der Waals surface area (Å²) in [4.78, 5) is 25.0. The van der Waals surface area contributed by atoms with E-state index >= 15 is 0 Å². The number of hydrogen-bond donors (Lipinski definition) is 6. The first-order valence-corrected chi connectivity index (χ1v) is 35.1. The topological polar surface area (TPSA) is 175 Å². The number of esters is 1. The van der Waals surface area contributed by atoms with Crippen LogP contribution in [0.25, 0.3) is 0 Å². The van der Waals surface area contributed by atoms with Crippen LogP contribution in [0.4, 0.5) is 0 Å². The van der Waals surface area contributed by atoms with Gasteiger partial charge in [-0.3, -0.25) is 9.59 Å². The Hall–Kier alpha value is -1.86. The predicted octanol–water partition coefficient (Wildman–Crippen LogP) is 17.6. The van der Waals surface area contributed by atoms with Gasteiger partial charge in [0.1, 0.15) is 24.4 Å². The van der Waals surface area contributed by atoms with Gasteiger partial charge < -0.3 is 45.1 Å². The Kier molecular flexibility index (Phi) is 57.0. The molecule has 0 aromatic carbocycles. The summed E-state index contributed by atoms with van der Waals surface area (Å²) in [6.07, 6.45) is 64.8. The molecule has 0 radical (unpaired) electrons. The molecule has 0 aromatic heterocycles. The molecule has 1 aliphatic heterocycles. The van der Waals surface area contributed by atoms with Crippen LogP contribution in [0.1, 0.15) is 348 Å². The summed E-state index contributed by atoms with van der Waals surface area (Å²) in [5.74, 6) is -0.174. The normalized spacial score (nSPS) is 18.3. The SMILES string of the molecule is CCCC/C=C\CCCCCCCC(=O)OCCCCCCCCCCCCCCCCCCCCCCCCCCCCCCCCCCCC(=O)NC(COC1OC(CO)C(O)C(O)C1O)C(O)/C=C/CCCCCCCCC. The van der Waals surface area contributed by atoms with Crippen molar-refractivity contribution in [3.63, 3.8) is 0 Å². The van der Waals surface area contributed by atoms with Crippen LogP contribution in [0.2, 0.25) is 0 Å². The van der Waals surface area contributed by atoms with Crippen LogP contribution in [0, 0.1) is 0 Å². The second-order valence-corrected chi connectivity index (χ2v) is 24.6. The van der Waals surface area contributed by atoms with Gasteiger partial charge in [0.2, 0.25) is 5.91 Å². The van der Waals surface area contributed by atoms with E-state index in [1.54, 1.807) is 6.08 Å². The highest BCUT2D eigenvalue weighted by molar-refractivity contribution is 5.76. The molecule has 11 heteroatoms. The summed E-state index contributed by atoms with van der Waals surface area (Å²) in [6, 6.07) is -0.804. The number of rotatable bonds is 62. The number of hydrogen-bond acceptors (Lipinski definition) is 10. The maximum Gasteiger partial charge on any atom is 0.305 e. The molecule has 0 aromatic rings. The fraction of sp³-hybridized carbons (Fsp3) is 0.914. The number of unbranched alkanes of at least 4 members (excludes halogenated alkanes) is 46. The average molecular weight is 1150 g/mol. The Morgan fingerprint density at radius 3 is 1.22 bits per heavy atom. The lowest BCUT2D eigenvalue weighted by atomic mass is 9.99. The lowest BCUT2D eigenvalue weighted by Crippen LogP contribution is -2.60. The van der Waals surface area contributed by atoms with Gasteiger partial charge in [0.05, 0.1) is 32.0 Å². The van der Waals surface area contributed by atoms with Gasteiger partial charge in [-0.25, -0.2) is 0 Å². The fourth-order valence-corrected chi connectivity index (χ4v) is 11.2. The zero-order valence-corrected chi connectivity index (χ0v) is 53.0. The molecular weight excluding hydrogens is 1010 g/mol. The van der Waals surface area contributed by atoms with Gasteiger partial charge in [0.25, 0.3) is 0 Å². The minimum atomic E-state index is -1.57. The predicted molar refractivity (Wildman–Crippen MR) is 338 cm³/mol. The first-order chi connectivity index (χ1) is 39.7. The highest BCUT2D eigenvalue weighted by Gasteiger charge is 2.44. The first-order valence-electron chi connectivity index (χ1n) is 35.1. The molecule has 11 nitrogen and oxygen atoms in total. The third-order valence-electron chi connectivity index (χ3n) is 16.8. The molecule has 1 amide bonds. The van der Waals surface area contributed by atoms with Crippen molar-refractivity contribution < 1.29 is 49.3 Å². The van der Waals surface area contributed by atoms with Crippen LogP contribution in [0.3, 0.4) is 0 Å². The summed E-state index contributed by atoms with van der Waals surface area (Å²) >= 11 is 0. The maximum atomic E-state index is 13.0. The number of nitrogens with one attached hydrogen (secondary N) is 1. The second kappa shape index (κ2) is 59.9. The van der Waals surface area contributed by atoms with E-state index in [4.69, 9.17) is 14.2 Å². The van der Waals surface area contributed by atoms with E-state index in [9.17, 15) is 35.1 Å². The van der Waals surface area contributed by atoms with Crippen molar-refractivity contribution in [2.75, 3.05) is 19.8 Å².